The van der Waals surface area contributed by atoms with Crippen LogP contribution in [0.15, 0.2) is 66.7 Å². The van der Waals surface area contributed by atoms with Crippen LogP contribution in [-0.4, -0.2) is 32.6 Å². The summed E-state index contributed by atoms with van der Waals surface area (Å²) >= 11 is 0. The maximum atomic E-state index is 12.3. The summed E-state index contributed by atoms with van der Waals surface area (Å²) in [5, 5.41) is 2.59. The number of aryl methyl sites for hydroxylation is 1. The van der Waals surface area contributed by atoms with Crippen molar-refractivity contribution >= 4 is 11.9 Å². The molecule has 0 saturated heterocycles. The zero-order chi connectivity index (χ0) is 22.2. The average Bonchev–Trinajstić information content (AvgIpc) is 2.82. The quantitative estimate of drug-likeness (QED) is 0.555. The van der Waals surface area contributed by atoms with Crippen LogP contribution in [0.5, 0.6) is 11.5 Å². The van der Waals surface area contributed by atoms with E-state index >= 15 is 0 Å². The lowest BCUT2D eigenvalue weighted by Gasteiger charge is -2.13. The highest BCUT2D eigenvalue weighted by molar-refractivity contribution is 5.96. The zero-order valence-corrected chi connectivity index (χ0v) is 17.8. The van der Waals surface area contributed by atoms with Gasteiger partial charge in [0.2, 0.25) is 0 Å². The highest BCUT2D eigenvalue weighted by atomic mass is 16.5. The molecule has 0 aliphatic heterocycles. The number of methoxy groups -OCH3 is 2. The van der Waals surface area contributed by atoms with Crippen molar-refractivity contribution < 1.29 is 23.8 Å². The Bertz CT molecular complexity index is 1050. The summed E-state index contributed by atoms with van der Waals surface area (Å²) in [6, 6.07) is 20.7. The molecule has 0 unspecified atom stereocenters. The topological polar surface area (TPSA) is 73.9 Å². The molecule has 0 spiro atoms. The lowest BCUT2D eigenvalue weighted by Crippen LogP contribution is -2.30. The van der Waals surface area contributed by atoms with Crippen LogP contribution in [-0.2, 0) is 16.1 Å². The van der Waals surface area contributed by atoms with Crippen molar-refractivity contribution in [3.63, 3.8) is 0 Å². The SMILES string of the molecule is COc1cc(C)c(COC(=O)CNC(=O)c2ccc(-c3ccccc3)cc2)cc1OC. The van der Waals surface area contributed by atoms with E-state index < -0.39 is 5.97 Å². The largest absolute Gasteiger partial charge is 0.493 e. The van der Waals surface area contributed by atoms with E-state index in [4.69, 9.17) is 14.2 Å². The van der Waals surface area contributed by atoms with E-state index in [1.54, 1.807) is 32.4 Å². The van der Waals surface area contributed by atoms with Crippen molar-refractivity contribution in [2.45, 2.75) is 13.5 Å². The molecule has 0 fully saturated rings. The van der Waals surface area contributed by atoms with Crippen molar-refractivity contribution in [3.05, 3.63) is 83.4 Å². The van der Waals surface area contributed by atoms with Gasteiger partial charge in [-0.25, -0.2) is 0 Å². The van der Waals surface area contributed by atoms with E-state index in [-0.39, 0.29) is 19.1 Å². The molecule has 0 saturated carbocycles. The fraction of sp³-hybridized carbons (Fsp3) is 0.200. The number of amides is 1. The molecule has 0 heterocycles. The van der Waals surface area contributed by atoms with Gasteiger partial charge in [-0.2, -0.15) is 0 Å². The summed E-state index contributed by atoms with van der Waals surface area (Å²) in [6.07, 6.45) is 0. The molecule has 3 aromatic rings. The fourth-order valence-corrected chi connectivity index (χ4v) is 3.09. The number of benzene rings is 3. The monoisotopic (exact) mass is 419 g/mol. The van der Waals surface area contributed by atoms with Gasteiger partial charge in [-0.15, -0.1) is 0 Å². The Morgan fingerprint density at radius 3 is 2.10 bits per heavy atom. The molecule has 0 bridgehead atoms. The second kappa shape index (κ2) is 10.3. The van der Waals surface area contributed by atoms with Crippen molar-refractivity contribution in [3.8, 4) is 22.6 Å². The van der Waals surface area contributed by atoms with Crippen molar-refractivity contribution in [2.75, 3.05) is 20.8 Å². The van der Waals surface area contributed by atoms with Crippen LogP contribution >= 0.6 is 0 Å². The van der Waals surface area contributed by atoms with Gasteiger partial charge in [-0.05, 0) is 53.4 Å². The van der Waals surface area contributed by atoms with Gasteiger partial charge in [0.15, 0.2) is 11.5 Å². The van der Waals surface area contributed by atoms with Crippen LogP contribution in [0.25, 0.3) is 11.1 Å². The molecule has 1 N–H and O–H groups in total. The molecule has 3 aromatic carbocycles. The molecule has 1 amide bonds. The van der Waals surface area contributed by atoms with Crippen LogP contribution in [0.4, 0.5) is 0 Å². The van der Waals surface area contributed by atoms with E-state index in [1.165, 1.54) is 0 Å². The number of ether oxygens (including phenoxy) is 3. The summed E-state index contributed by atoms with van der Waals surface area (Å²) in [5.74, 6) is 0.314. The smallest absolute Gasteiger partial charge is 0.325 e. The molecule has 0 radical (unpaired) electrons. The third-order valence-corrected chi connectivity index (χ3v) is 4.88. The first kappa shape index (κ1) is 21.9. The van der Waals surface area contributed by atoms with Crippen molar-refractivity contribution in [2.24, 2.45) is 0 Å². The first-order chi connectivity index (χ1) is 15.0. The molecular weight excluding hydrogens is 394 g/mol. The molecular formula is C25H25NO5. The molecule has 6 nitrogen and oxygen atoms in total. The molecule has 3 rings (SSSR count). The summed E-state index contributed by atoms with van der Waals surface area (Å²) in [4.78, 5) is 24.4. The number of carbonyl (C=O) groups excluding carboxylic acids is 2. The van der Waals surface area contributed by atoms with Gasteiger partial charge in [0.1, 0.15) is 13.2 Å². The predicted octanol–water partition coefficient (Wildman–Crippen LogP) is 4.15. The standard InChI is InChI=1S/C25H25NO5/c1-17-13-22(29-2)23(30-3)14-21(17)16-31-24(27)15-26-25(28)20-11-9-19(10-12-20)18-7-5-4-6-8-18/h4-14H,15-16H2,1-3H3,(H,26,28). The summed E-state index contributed by atoms with van der Waals surface area (Å²) in [6.45, 7) is 1.75. The second-order valence-electron chi connectivity index (χ2n) is 6.92. The molecule has 6 heteroatoms. The normalized spacial score (nSPS) is 10.3. The Hall–Kier alpha value is -3.80. The summed E-state index contributed by atoms with van der Waals surface area (Å²) in [5.41, 5.74) is 4.27. The van der Waals surface area contributed by atoms with E-state index in [0.717, 1.165) is 22.3 Å². The van der Waals surface area contributed by atoms with Gasteiger partial charge in [0.05, 0.1) is 14.2 Å². The first-order valence-electron chi connectivity index (χ1n) is 9.82. The van der Waals surface area contributed by atoms with Crippen LogP contribution < -0.4 is 14.8 Å². The van der Waals surface area contributed by atoms with Crippen LogP contribution in [0, 0.1) is 6.92 Å². The summed E-state index contributed by atoms with van der Waals surface area (Å²) in [7, 11) is 3.11. The maximum absolute atomic E-state index is 12.3. The lowest BCUT2D eigenvalue weighted by molar-refractivity contribution is -0.143. The van der Waals surface area contributed by atoms with Gasteiger partial charge in [0.25, 0.3) is 5.91 Å². The van der Waals surface area contributed by atoms with Crippen LogP contribution in [0.2, 0.25) is 0 Å². The van der Waals surface area contributed by atoms with E-state index in [1.807, 2.05) is 55.5 Å². The molecule has 0 aliphatic rings. The Morgan fingerprint density at radius 1 is 0.839 bits per heavy atom. The number of carbonyl (C=O) groups is 2. The lowest BCUT2D eigenvalue weighted by atomic mass is 10.0. The fourth-order valence-electron chi connectivity index (χ4n) is 3.09. The Labute approximate surface area is 181 Å². The third kappa shape index (κ3) is 5.63. The molecule has 0 atom stereocenters. The third-order valence-electron chi connectivity index (χ3n) is 4.88. The number of hydrogen-bond donors (Lipinski definition) is 1. The second-order valence-corrected chi connectivity index (χ2v) is 6.92. The Kier molecular flexibility index (Phi) is 7.27. The minimum absolute atomic E-state index is 0.0761. The number of esters is 1. The number of hydrogen-bond acceptors (Lipinski definition) is 5. The molecule has 160 valence electrons. The highest BCUT2D eigenvalue weighted by Crippen LogP contribution is 2.30. The van der Waals surface area contributed by atoms with Gasteiger partial charge in [0, 0.05) is 5.56 Å². The van der Waals surface area contributed by atoms with Crippen LogP contribution in [0.1, 0.15) is 21.5 Å². The van der Waals surface area contributed by atoms with E-state index in [2.05, 4.69) is 5.32 Å². The Morgan fingerprint density at radius 2 is 1.45 bits per heavy atom. The minimum Gasteiger partial charge on any atom is -0.493 e. The number of rotatable bonds is 8. The van der Waals surface area contributed by atoms with Gasteiger partial charge in [-0.3, -0.25) is 9.59 Å². The molecule has 0 aromatic heterocycles. The highest BCUT2D eigenvalue weighted by Gasteiger charge is 2.12. The predicted molar refractivity (Wildman–Crippen MR) is 118 cm³/mol. The average molecular weight is 419 g/mol. The zero-order valence-electron chi connectivity index (χ0n) is 17.8. The Balaban J connectivity index is 1.52. The molecule has 31 heavy (non-hydrogen) atoms. The van der Waals surface area contributed by atoms with Crippen molar-refractivity contribution in [1.29, 1.82) is 0 Å². The number of nitrogens with one attached hydrogen (secondary N) is 1. The van der Waals surface area contributed by atoms with Crippen LogP contribution in [0.3, 0.4) is 0 Å². The maximum Gasteiger partial charge on any atom is 0.325 e. The first-order valence-corrected chi connectivity index (χ1v) is 9.82. The summed E-state index contributed by atoms with van der Waals surface area (Å²) < 4.78 is 15.8. The van der Waals surface area contributed by atoms with Gasteiger partial charge >= 0.3 is 5.97 Å². The van der Waals surface area contributed by atoms with E-state index in [9.17, 15) is 9.59 Å². The van der Waals surface area contributed by atoms with Crippen molar-refractivity contribution in [1.82, 2.24) is 5.32 Å². The minimum atomic E-state index is -0.525. The van der Waals surface area contributed by atoms with Gasteiger partial charge < -0.3 is 19.5 Å². The van der Waals surface area contributed by atoms with Gasteiger partial charge in [-0.1, -0.05) is 42.5 Å². The molecule has 0 aliphatic carbocycles. The van der Waals surface area contributed by atoms with E-state index in [0.29, 0.717) is 17.1 Å².